The van der Waals surface area contributed by atoms with E-state index in [-0.39, 0.29) is 24.2 Å². The smallest absolute Gasteiger partial charge is 0.285 e. The number of rotatable bonds is 5. The summed E-state index contributed by atoms with van der Waals surface area (Å²) in [5, 5.41) is 18.6. The maximum absolute atomic E-state index is 13.6. The number of hydrogen-bond acceptors (Lipinski definition) is 5. The van der Waals surface area contributed by atoms with Gasteiger partial charge in [-0.05, 0) is 66.3 Å². The molecule has 0 radical (unpaired) electrons. The van der Waals surface area contributed by atoms with Gasteiger partial charge in [-0.1, -0.05) is 47.5 Å². The Morgan fingerprint density at radius 3 is 2.41 bits per heavy atom. The Labute approximate surface area is 222 Å². The van der Waals surface area contributed by atoms with Gasteiger partial charge in [0.1, 0.15) is 6.54 Å². The second kappa shape index (κ2) is 10.3. The molecule has 2 heterocycles. The molecule has 0 N–H and O–H groups in total. The number of nitrogens with zero attached hydrogens (tertiary/aromatic N) is 4. The third kappa shape index (κ3) is 5.21. The molecule has 0 spiro atoms. The summed E-state index contributed by atoms with van der Waals surface area (Å²) in [4.78, 5) is 36.5. The van der Waals surface area contributed by atoms with Crippen molar-refractivity contribution in [2.45, 2.75) is 31.8 Å². The van der Waals surface area contributed by atoms with E-state index in [4.69, 9.17) is 28.3 Å². The molecule has 2 aromatic carbocycles. The Hall–Kier alpha value is -3.75. The van der Waals surface area contributed by atoms with Crippen molar-refractivity contribution in [2.24, 2.45) is 11.0 Å². The largest absolute Gasteiger partial charge is 0.299 e. The minimum atomic E-state index is -0.602. The number of carbonyl (C=O) groups excluding carboxylic acids is 1. The number of amides is 1. The fourth-order valence-electron chi connectivity index (χ4n) is 4.93. The first-order chi connectivity index (χ1) is 17.8. The lowest BCUT2D eigenvalue weighted by atomic mass is 9.77. The van der Waals surface area contributed by atoms with Crippen LogP contribution in [-0.2, 0) is 11.3 Å². The average Bonchev–Trinajstić information content (AvgIpc) is 3.28. The molecule has 1 saturated carbocycles. The molecular formula is C27H22Cl2N4O4. The number of halogens is 2. The van der Waals surface area contributed by atoms with Crippen LogP contribution in [0.15, 0.2) is 82.3 Å². The normalized spacial score (nSPS) is 20.0. The summed E-state index contributed by atoms with van der Waals surface area (Å²) in [5.41, 5.74) is 2.96. The summed E-state index contributed by atoms with van der Waals surface area (Å²) >= 11 is 12.2. The third-order valence-electron chi connectivity index (χ3n) is 6.66. The van der Waals surface area contributed by atoms with Crippen LogP contribution in [0.3, 0.4) is 0 Å². The van der Waals surface area contributed by atoms with Gasteiger partial charge in [0.2, 0.25) is 0 Å². The van der Waals surface area contributed by atoms with Crippen molar-refractivity contribution in [1.29, 1.82) is 0 Å². The van der Waals surface area contributed by atoms with Crippen LogP contribution >= 0.6 is 23.2 Å². The molecule has 1 aliphatic carbocycles. The van der Waals surface area contributed by atoms with Crippen LogP contribution in [0.1, 0.15) is 36.4 Å². The van der Waals surface area contributed by atoms with Crippen molar-refractivity contribution < 1.29 is 9.72 Å². The molecule has 0 saturated heterocycles. The number of hydrogen-bond donors (Lipinski definition) is 0. The highest BCUT2D eigenvalue weighted by Gasteiger charge is 2.43. The van der Waals surface area contributed by atoms with E-state index >= 15 is 0 Å². The second-order valence-corrected chi connectivity index (χ2v) is 9.92. The van der Waals surface area contributed by atoms with Gasteiger partial charge in [-0.2, -0.15) is 5.10 Å². The van der Waals surface area contributed by atoms with Crippen molar-refractivity contribution in [1.82, 2.24) is 9.58 Å². The van der Waals surface area contributed by atoms with Crippen molar-refractivity contribution >= 4 is 46.6 Å². The molecule has 10 heteroatoms. The molecule has 37 heavy (non-hydrogen) atoms. The molecule has 2 atom stereocenters. The van der Waals surface area contributed by atoms with E-state index in [0.717, 1.165) is 64.6 Å². The van der Waals surface area contributed by atoms with Crippen LogP contribution < -0.4 is 5.56 Å². The Morgan fingerprint density at radius 1 is 1.05 bits per heavy atom. The van der Waals surface area contributed by atoms with E-state index < -0.39 is 16.4 Å². The molecule has 3 aromatic rings. The number of fused-ring (bicyclic) bond motifs is 1. The van der Waals surface area contributed by atoms with E-state index in [0.29, 0.717) is 10.0 Å². The lowest BCUT2D eigenvalue weighted by molar-refractivity contribution is -0.385. The number of hydrazone groups is 1. The molecule has 1 aromatic heterocycles. The van der Waals surface area contributed by atoms with Gasteiger partial charge in [0.15, 0.2) is 0 Å². The average molecular weight is 537 g/mol. The highest BCUT2D eigenvalue weighted by atomic mass is 35.5. The van der Waals surface area contributed by atoms with Crippen LogP contribution in [0, 0.1) is 16.0 Å². The first-order valence-electron chi connectivity index (χ1n) is 11.8. The highest BCUT2D eigenvalue weighted by molar-refractivity contribution is 6.30. The molecule has 0 unspecified atom stereocenters. The minimum Gasteiger partial charge on any atom is -0.299 e. The van der Waals surface area contributed by atoms with Crippen molar-refractivity contribution in [3.8, 4) is 0 Å². The molecule has 1 fully saturated rings. The topological polar surface area (TPSA) is 97.8 Å². The lowest BCUT2D eigenvalue weighted by Crippen LogP contribution is -2.35. The molecule has 5 rings (SSSR count). The first-order valence-corrected chi connectivity index (χ1v) is 12.5. The van der Waals surface area contributed by atoms with Crippen molar-refractivity contribution in [3.05, 3.63) is 114 Å². The predicted octanol–water partition coefficient (Wildman–Crippen LogP) is 5.89. The summed E-state index contributed by atoms with van der Waals surface area (Å²) in [6, 6.07) is 16.6. The van der Waals surface area contributed by atoms with Gasteiger partial charge in [0.25, 0.3) is 17.2 Å². The van der Waals surface area contributed by atoms with Crippen molar-refractivity contribution in [2.75, 3.05) is 0 Å². The van der Waals surface area contributed by atoms with Gasteiger partial charge < -0.3 is 0 Å². The predicted molar refractivity (Wildman–Crippen MR) is 143 cm³/mol. The Kier molecular flexibility index (Phi) is 6.95. The van der Waals surface area contributed by atoms with Crippen molar-refractivity contribution in [3.63, 3.8) is 0 Å². The summed E-state index contributed by atoms with van der Waals surface area (Å²) in [7, 11) is 0. The zero-order valence-electron chi connectivity index (χ0n) is 19.6. The monoisotopic (exact) mass is 536 g/mol. The van der Waals surface area contributed by atoms with Gasteiger partial charge >= 0.3 is 0 Å². The number of benzene rings is 2. The minimum absolute atomic E-state index is 0.0424. The summed E-state index contributed by atoms with van der Waals surface area (Å²) in [6.07, 6.45) is 5.74. The number of allylic oxidation sites excluding steroid dienone is 1. The molecule has 1 amide bonds. The standard InChI is InChI=1S/C27H22Cl2N4O4/c28-20-8-4-17(5-9-20)14-19-2-1-3-23-26(19)30-32(27(23)18-6-10-21(29)11-7-18)25(35)16-31-15-22(33(36)37)12-13-24(31)34/h4-15,23,27H,1-3,16H2/b19-14+/t23-,27+/m0/s1. The van der Waals surface area contributed by atoms with Gasteiger partial charge in [-0.25, -0.2) is 5.01 Å². The molecule has 188 valence electrons. The molecular weight excluding hydrogens is 515 g/mol. The van der Waals surface area contributed by atoms with Crippen LogP contribution in [-0.4, -0.2) is 26.1 Å². The number of aromatic nitrogens is 1. The highest BCUT2D eigenvalue weighted by Crippen LogP contribution is 2.44. The fourth-order valence-corrected chi connectivity index (χ4v) is 5.18. The lowest BCUT2D eigenvalue weighted by Gasteiger charge is -2.29. The van der Waals surface area contributed by atoms with Crippen LogP contribution in [0.4, 0.5) is 5.69 Å². The molecule has 1 aliphatic heterocycles. The third-order valence-corrected chi connectivity index (χ3v) is 7.17. The maximum Gasteiger partial charge on any atom is 0.285 e. The van der Waals surface area contributed by atoms with E-state index in [9.17, 15) is 19.7 Å². The number of pyridine rings is 1. The Morgan fingerprint density at radius 2 is 1.73 bits per heavy atom. The van der Waals surface area contributed by atoms with E-state index in [1.165, 1.54) is 5.01 Å². The SMILES string of the molecule is O=C(Cn1cc([N+](=O)[O-])ccc1=O)N1N=C2/C(=C/c3ccc(Cl)cc3)CCC[C@@H]2[C@H]1c1ccc(Cl)cc1. The molecule has 8 nitrogen and oxygen atoms in total. The Balaban J connectivity index is 1.53. The van der Waals surface area contributed by atoms with E-state index in [2.05, 4.69) is 6.08 Å². The number of nitro groups is 1. The first kappa shape index (κ1) is 24.9. The Bertz CT molecular complexity index is 1480. The number of carbonyl (C=O) groups is 1. The molecule has 0 bridgehead atoms. The van der Waals surface area contributed by atoms with E-state index in [1.807, 2.05) is 36.4 Å². The molecule has 2 aliphatic rings. The van der Waals surface area contributed by atoms with Gasteiger partial charge in [-0.3, -0.25) is 24.3 Å². The van der Waals surface area contributed by atoms with E-state index in [1.54, 1.807) is 12.1 Å². The quantitative estimate of drug-likeness (QED) is 0.300. The fraction of sp³-hybridized carbons (Fsp3) is 0.222. The summed E-state index contributed by atoms with van der Waals surface area (Å²) in [6.45, 7) is -0.371. The maximum atomic E-state index is 13.6. The van der Waals surface area contributed by atoms with Gasteiger partial charge in [0.05, 0.1) is 22.9 Å². The van der Waals surface area contributed by atoms with Gasteiger partial charge in [0, 0.05) is 28.1 Å². The van der Waals surface area contributed by atoms with Crippen LogP contribution in [0.2, 0.25) is 10.0 Å². The summed E-state index contributed by atoms with van der Waals surface area (Å²) in [5.74, 6) is -0.477. The second-order valence-electron chi connectivity index (χ2n) is 9.05. The van der Waals surface area contributed by atoms with Crippen LogP contribution in [0.25, 0.3) is 6.08 Å². The van der Waals surface area contributed by atoms with Crippen LogP contribution in [0.5, 0.6) is 0 Å². The summed E-state index contributed by atoms with van der Waals surface area (Å²) < 4.78 is 1.05. The zero-order valence-corrected chi connectivity index (χ0v) is 21.1. The van der Waals surface area contributed by atoms with Gasteiger partial charge in [-0.15, -0.1) is 0 Å². The zero-order chi connectivity index (χ0) is 26.1.